The maximum Gasteiger partial charge on any atom is 0.416 e. The summed E-state index contributed by atoms with van der Waals surface area (Å²) < 4.78 is 49.7. The number of anilines is 1. The summed E-state index contributed by atoms with van der Waals surface area (Å²) in [5.41, 5.74) is -0.514. The molecule has 0 atom stereocenters. The van der Waals surface area contributed by atoms with Crippen LogP contribution < -0.4 is 14.8 Å². The van der Waals surface area contributed by atoms with Gasteiger partial charge in [-0.05, 0) is 56.0 Å². The second-order valence-corrected chi connectivity index (χ2v) is 6.42. The number of hydrogen-bond donors (Lipinski definition) is 1. The highest BCUT2D eigenvalue weighted by molar-refractivity contribution is 6.04. The quantitative estimate of drug-likeness (QED) is 0.768. The number of rotatable bonds is 5. The summed E-state index contributed by atoms with van der Waals surface area (Å²) in [7, 11) is 1.53. The third kappa shape index (κ3) is 4.72. The lowest BCUT2D eigenvalue weighted by molar-refractivity contribution is -0.137. The van der Waals surface area contributed by atoms with Gasteiger partial charge in [0.2, 0.25) is 0 Å². The van der Waals surface area contributed by atoms with Crippen LogP contribution in [0.25, 0.3) is 0 Å². The molecule has 1 aliphatic rings. The first-order chi connectivity index (χ1) is 12.9. The zero-order valence-electron chi connectivity index (χ0n) is 14.8. The second-order valence-electron chi connectivity index (χ2n) is 6.42. The Bertz CT molecular complexity index is 814. The van der Waals surface area contributed by atoms with E-state index in [0.717, 1.165) is 37.8 Å². The van der Waals surface area contributed by atoms with Crippen LogP contribution in [0.5, 0.6) is 11.5 Å². The fourth-order valence-electron chi connectivity index (χ4n) is 3.07. The summed E-state index contributed by atoms with van der Waals surface area (Å²) in [6.07, 6.45) is -0.252. The Kier molecular flexibility index (Phi) is 5.58. The number of ether oxygens (including phenoxy) is 2. The van der Waals surface area contributed by atoms with E-state index < -0.39 is 17.6 Å². The molecule has 0 aromatic heterocycles. The van der Waals surface area contributed by atoms with Crippen LogP contribution in [0.15, 0.2) is 42.5 Å². The van der Waals surface area contributed by atoms with Crippen LogP contribution in [-0.4, -0.2) is 19.1 Å². The number of carbonyl (C=O) groups is 1. The summed E-state index contributed by atoms with van der Waals surface area (Å²) in [4.78, 5) is 12.4. The lowest BCUT2D eigenvalue weighted by Crippen LogP contribution is -2.15. The normalized spacial score (nSPS) is 14.8. The number of nitrogens with one attached hydrogen (secondary N) is 1. The van der Waals surface area contributed by atoms with Crippen molar-refractivity contribution in [3.05, 3.63) is 53.6 Å². The standard InChI is InChI=1S/C20H20F3NO3/c1-26-17-10-9-15(12-18(17)27-16-7-2-3-8-16)24-19(25)13-5-4-6-14(11-13)20(21,22)23/h4-6,9-12,16H,2-3,7-8H2,1H3,(H,24,25). The van der Waals surface area contributed by atoms with Gasteiger partial charge < -0.3 is 14.8 Å². The predicted octanol–water partition coefficient (Wildman–Crippen LogP) is 5.29. The molecule has 0 heterocycles. The Morgan fingerprint density at radius 2 is 1.81 bits per heavy atom. The zero-order valence-corrected chi connectivity index (χ0v) is 14.8. The van der Waals surface area contributed by atoms with E-state index >= 15 is 0 Å². The Balaban J connectivity index is 1.77. The van der Waals surface area contributed by atoms with Gasteiger partial charge in [-0.2, -0.15) is 13.2 Å². The van der Waals surface area contributed by atoms with Gasteiger partial charge in [-0.1, -0.05) is 6.07 Å². The Labute approximate surface area is 155 Å². The van der Waals surface area contributed by atoms with Gasteiger partial charge in [0.1, 0.15) is 0 Å². The van der Waals surface area contributed by atoms with E-state index in [2.05, 4.69) is 5.32 Å². The fraction of sp³-hybridized carbons (Fsp3) is 0.350. The fourth-order valence-corrected chi connectivity index (χ4v) is 3.07. The van der Waals surface area contributed by atoms with Crippen molar-refractivity contribution in [1.29, 1.82) is 0 Å². The van der Waals surface area contributed by atoms with E-state index in [1.54, 1.807) is 18.2 Å². The summed E-state index contributed by atoms with van der Waals surface area (Å²) in [5, 5.41) is 2.61. The van der Waals surface area contributed by atoms with E-state index in [-0.39, 0.29) is 11.7 Å². The predicted molar refractivity (Wildman–Crippen MR) is 95.3 cm³/mol. The molecule has 7 heteroatoms. The number of amides is 1. The minimum absolute atomic E-state index is 0.0705. The summed E-state index contributed by atoms with van der Waals surface area (Å²) >= 11 is 0. The molecule has 1 N–H and O–H groups in total. The van der Waals surface area contributed by atoms with Crippen LogP contribution >= 0.6 is 0 Å². The largest absolute Gasteiger partial charge is 0.493 e. The summed E-state index contributed by atoms with van der Waals surface area (Å²) in [6, 6.07) is 9.21. The van der Waals surface area contributed by atoms with Crippen LogP contribution in [0, 0.1) is 0 Å². The van der Waals surface area contributed by atoms with Gasteiger partial charge >= 0.3 is 6.18 Å². The van der Waals surface area contributed by atoms with Gasteiger partial charge in [-0.25, -0.2) is 0 Å². The Morgan fingerprint density at radius 3 is 2.48 bits per heavy atom. The Hall–Kier alpha value is -2.70. The summed E-state index contributed by atoms with van der Waals surface area (Å²) in [5.74, 6) is 0.420. The zero-order chi connectivity index (χ0) is 19.4. The lowest BCUT2D eigenvalue weighted by Gasteiger charge is -2.17. The van der Waals surface area contributed by atoms with Crippen LogP contribution in [0.3, 0.4) is 0 Å². The molecular weight excluding hydrogens is 359 g/mol. The van der Waals surface area contributed by atoms with E-state index in [1.807, 2.05) is 0 Å². The molecule has 1 saturated carbocycles. The van der Waals surface area contributed by atoms with Crippen molar-refractivity contribution >= 4 is 11.6 Å². The number of carbonyl (C=O) groups excluding carboxylic acids is 1. The van der Waals surface area contributed by atoms with Crippen molar-refractivity contribution < 1.29 is 27.4 Å². The maximum atomic E-state index is 12.8. The van der Waals surface area contributed by atoms with Crippen LogP contribution in [0.4, 0.5) is 18.9 Å². The van der Waals surface area contributed by atoms with Crippen molar-refractivity contribution in [2.75, 3.05) is 12.4 Å². The number of alkyl halides is 3. The van der Waals surface area contributed by atoms with Gasteiger partial charge in [0.25, 0.3) is 5.91 Å². The highest BCUT2D eigenvalue weighted by Gasteiger charge is 2.31. The molecule has 1 fully saturated rings. The molecule has 144 valence electrons. The Morgan fingerprint density at radius 1 is 1.07 bits per heavy atom. The second kappa shape index (κ2) is 7.90. The third-order valence-electron chi connectivity index (χ3n) is 4.47. The third-order valence-corrected chi connectivity index (χ3v) is 4.47. The van der Waals surface area contributed by atoms with E-state index in [9.17, 15) is 18.0 Å². The molecule has 0 unspecified atom stereocenters. The van der Waals surface area contributed by atoms with Crippen LogP contribution in [-0.2, 0) is 6.18 Å². The highest BCUT2D eigenvalue weighted by atomic mass is 19.4. The first-order valence-electron chi connectivity index (χ1n) is 8.70. The van der Waals surface area contributed by atoms with Gasteiger partial charge in [0.15, 0.2) is 11.5 Å². The maximum absolute atomic E-state index is 12.8. The number of benzene rings is 2. The van der Waals surface area contributed by atoms with Crippen LogP contribution in [0.2, 0.25) is 0 Å². The first kappa shape index (κ1) is 19.1. The number of halogens is 3. The molecule has 3 rings (SSSR count). The van der Waals surface area contributed by atoms with Gasteiger partial charge in [0.05, 0.1) is 18.8 Å². The molecule has 0 saturated heterocycles. The molecule has 0 bridgehead atoms. The molecule has 27 heavy (non-hydrogen) atoms. The molecule has 0 aliphatic heterocycles. The molecule has 1 aliphatic carbocycles. The minimum Gasteiger partial charge on any atom is -0.493 e. The average molecular weight is 379 g/mol. The molecule has 2 aromatic rings. The van der Waals surface area contributed by atoms with Crippen molar-refractivity contribution in [2.24, 2.45) is 0 Å². The lowest BCUT2D eigenvalue weighted by atomic mass is 10.1. The van der Waals surface area contributed by atoms with Crippen molar-refractivity contribution in [3.63, 3.8) is 0 Å². The SMILES string of the molecule is COc1ccc(NC(=O)c2cccc(C(F)(F)F)c2)cc1OC1CCCC1. The van der Waals surface area contributed by atoms with Gasteiger partial charge in [0, 0.05) is 17.3 Å². The van der Waals surface area contributed by atoms with Crippen molar-refractivity contribution in [2.45, 2.75) is 38.0 Å². The molecule has 0 radical (unpaired) electrons. The highest BCUT2D eigenvalue weighted by Crippen LogP contribution is 2.34. The van der Waals surface area contributed by atoms with E-state index in [1.165, 1.54) is 19.2 Å². The molecule has 4 nitrogen and oxygen atoms in total. The van der Waals surface area contributed by atoms with Crippen molar-refractivity contribution in [3.8, 4) is 11.5 Å². The number of methoxy groups -OCH3 is 1. The minimum atomic E-state index is -4.50. The topological polar surface area (TPSA) is 47.6 Å². The molecule has 1 amide bonds. The molecular formula is C20H20F3NO3. The van der Waals surface area contributed by atoms with Gasteiger partial charge in [-0.3, -0.25) is 4.79 Å². The summed E-state index contributed by atoms with van der Waals surface area (Å²) in [6.45, 7) is 0. The van der Waals surface area contributed by atoms with E-state index in [0.29, 0.717) is 17.2 Å². The molecule has 2 aromatic carbocycles. The number of hydrogen-bond acceptors (Lipinski definition) is 3. The van der Waals surface area contributed by atoms with Crippen LogP contribution in [0.1, 0.15) is 41.6 Å². The first-order valence-corrected chi connectivity index (χ1v) is 8.70. The molecule has 0 spiro atoms. The average Bonchev–Trinajstić information content (AvgIpc) is 3.14. The van der Waals surface area contributed by atoms with Gasteiger partial charge in [-0.15, -0.1) is 0 Å². The van der Waals surface area contributed by atoms with E-state index in [4.69, 9.17) is 9.47 Å². The monoisotopic (exact) mass is 379 g/mol. The smallest absolute Gasteiger partial charge is 0.416 e. The van der Waals surface area contributed by atoms with Crippen molar-refractivity contribution in [1.82, 2.24) is 0 Å².